The summed E-state index contributed by atoms with van der Waals surface area (Å²) < 4.78 is 24.1. The van der Waals surface area contributed by atoms with Gasteiger partial charge in [-0.05, 0) is 18.2 Å². The molecule has 1 amide bonds. The van der Waals surface area contributed by atoms with Crippen LogP contribution in [0.25, 0.3) is 0 Å². The lowest BCUT2D eigenvalue weighted by molar-refractivity contribution is -0.123. The van der Waals surface area contributed by atoms with E-state index in [4.69, 9.17) is 9.47 Å². The molecule has 0 saturated heterocycles. The van der Waals surface area contributed by atoms with Gasteiger partial charge < -0.3 is 14.8 Å². The number of carbonyl (C=O) groups excluding carboxylic acids is 1. The Hall–Kier alpha value is -2.56. The van der Waals surface area contributed by atoms with Crippen LogP contribution >= 0.6 is 0 Å². The number of halogens is 1. The molecule has 2 aromatic carbocycles. The summed E-state index contributed by atoms with van der Waals surface area (Å²) in [6, 6.07) is 13.8. The molecule has 2 aromatic rings. The van der Waals surface area contributed by atoms with Gasteiger partial charge in [-0.1, -0.05) is 30.3 Å². The minimum absolute atomic E-state index is 0.0761. The van der Waals surface area contributed by atoms with Crippen LogP contribution in [0.5, 0.6) is 11.5 Å². The zero-order valence-corrected chi connectivity index (χ0v) is 11.9. The summed E-state index contributed by atoms with van der Waals surface area (Å²) in [5.74, 6) is 0.311. The molecule has 1 heterocycles. The van der Waals surface area contributed by atoms with E-state index in [2.05, 4.69) is 5.32 Å². The van der Waals surface area contributed by atoms with Crippen molar-refractivity contribution in [2.24, 2.45) is 0 Å². The largest absolute Gasteiger partial charge is 0.493 e. The summed E-state index contributed by atoms with van der Waals surface area (Å²) in [5.41, 5.74) is 1.10. The van der Waals surface area contributed by atoms with E-state index in [0.717, 1.165) is 11.3 Å². The number of ether oxygens (including phenoxy) is 2. The first kappa shape index (κ1) is 14.4. The molecule has 1 aliphatic heterocycles. The molecule has 5 heteroatoms. The van der Waals surface area contributed by atoms with Crippen molar-refractivity contribution in [1.82, 2.24) is 5.32 Å². The average Bonchev–Trinajstić information content (AvgIpc) is 2.95. The predicted molar refractivity (Wildman–Crippen MR) is 79.6 cm³/mol. The van der Waals surface area contributed by atoms with Crippen molar-refractivity contribution in [3.05, 3.63) is 59.9 Å². The van der Waals surface area contributed by atoms with E-state index in [1.54, 1.807) is 12.1 Å². The van der Waals surface area contributed by atoms with Crippen LogP contribution in [0, 0.1) is 5.82 Å². The van der Waals surface area contributed by atoms with E-state index in [1.807, 2.05) is 24.3 Å². The van der Waals surface area contributed by atoms with Gasteiger partial charge in [0.05, 0.1) is 6.61 Å². The van der Waals surface area contributed by atoms with Crippen LogP contribution in [-0.4, -0.2) is 25.7 Å². The van der Waals surface area contributed by atoms with Gasteiger partial charge in [-0.3, -0.25) is 4.79 Å². The highest BCUT2D eigenvalue weighted by molar-refractivity contribution is 5.77. The summed E-state index contributed by atoms with van der Waals surface area (Å²) in [6.45, 7) is 0.806. The van der Waals surface area contributed by atoms with E-state index < -0.39 is 5.82 Å². The second kappa shape index (κ2) is 6.47. The second-order valence-corrected chi connectivity index (χ2v) is 5.07. The highest BCUT2D eigenvalue weighted by Crippen LogP contribution is 2.32. The van der Waals surface area contributed by atoms with Gasteiger partial charge in [0, 0.05) is 18.0 Å². The Balaban J connectivity index is 1.48. The zero-order valence-electron chi connectivity index (χ0n) is 11.9. The quantitative estimate of drug-likeness (QED) is 0.923. The Kier molecular flexibility index (Phi) is 4.23. The van der Waals surface area contributed by atoms with Crippen molar-refractivity contribution in [3.8, 4) is 11.5 Å². The molecule has 0 radical (unpaired) electrons. The van der Waals surface area contributed by atoms with Crippen LogP contribution in [0.15, 0.2) is 48.5 Å². The van der Waals surface area contributed by atoms with Crippen LogP contribution in [-0.2, 0) is 4.79 Å². The van der Waals surface area contributed by atoms with Crippen LogP contribution in [0.2, 0.25) is 0 Å². The maximum atomic E-state index is 13.4. The van der Waals surface area contributed by atoms with Gasteiger partial charge in [-0.25, -0.2) is 4.39 Å². The molecular weight excluding hydrogens is 285 g/mol. The number of fused-ring (bicyclic) bond motifs is 1. The summed E-state index contributed by atoms with van der Waals surface area (Å²) >= 11 is 0. The molecule has 0 unspecified atom stereocenters. The molecule has 3 rings (SSSR count). The van der Waals surface area contributed by atoms with Gasteiger partial charge in [0.15, 0.2) is 18.2 Å². The third-order valence-electron chi connectivity index (χ3n) is 3.54. The van der Waals surface area contributed by atoms with Gasteiger partial charge in [-0.15, -0.1) is 0 Å². The Morgan fingerprint density at radius 1 is 1.23 bits per heavy atom. The summed E-state index contributed by atoms with van der Waals surface area (Å²) in [4.78, 5) is 11.8. The van der Waals surface area contributed by atoms with Gasteiger partial charge in [0.25, 0.3) is 5.91 Å². The number of para-hydroxylation sites is 2. The number of benzene rings is 2. The fourth-order valence-electron chi connectivity index (χ4n) is 2.39. The monoisotopic (exact) mass is 301 g/mol. The first-order valence-electron chi connectivity index (χ1n) is 7.10. The van der Waals surface area contributed by atoms with Crippen molar-refractivity contribution in [3.63, 3.8) is 0 Å². The molecule has 4 nitrogen and oxygen atoms in total. The van der Waals surface area contributed by atoms with Crippen molar-refractivity contribution in [2.45, 2.75) is 5.92 Å². The van der Waals surface area contributed by atoms with Crippen molar-refractivity contribution >= 4 is 5.91 Å². The highest BCUT2D eigenvalue weighted by atomic mass is 19.1. The first-order chi connectivity index (χ1) is 10.7. The lowest BCUT2D eigenvalue weighted by atomic mass is 10.0. The number of nitrogens with one attached hydrogen (secondary N) is 1. The molecule has 0 spiro atoms. The zero-order chi connectivity index (χ0) is 15.4. The minimum Gasteiger partial charge on any atom is -0.493 e. The summed E-state index contributed by atoms with van der Waals surface area (Å²) in [6.07, 6.45) is 0. The molecule has 0 saturated carbocycles. The Bertz CT molecular complexity index is 674. The normalized spacial score (nSPS) is 15.8. The third kappa shape index (κ3) is 3.19. The molecule has 0 aliphatic carbocycles. The highest BCUT2D eigenvalue weighted by Gasteiger charge is 2.23. The maximum absolute atomic E-state index is 13.4. The number of hydrogen-bond acceptors (Lipinski definition) is 3. The van der Waals surface area contributed by atoms with Crippen LogP contribution in [0.4, 0.5) is 4.39 Å². The number of amides is 1. The smallest absolute Gasteiger partial charge is 0.257 e. The SMILES string of the molecule is O=C(COc1ccccc1F)NC[C@@H]1COc2ccccc21. The number of rotatable bonds is 5. The van der Waals surface area contributed by atoms with E-state index in [-0.39, 0.29) is 24.2 Å². The van der Waals surface area contributed by atoms with Crippen molar-refractivity contribution in [1.29, 1.82) is 0 Å². The molecule has 114 valence electrons. The third-order valence-corrected chi connectivity index (χ3v) is 3.54. The Morgan fingerprint density at radius 2 is 2.00 bits per heavy atom. The predicted octanol–water partition coefficient (Wildman–Crippen LogP) is 2.50. The molecule has 1 atom stereocenters. The van der Waals surface area contributed by atoms with Crippen molar-refractivity contribution < 1.29 is 18.7 Å². The molecule has 1 N–H and O–H groups in total. The fourth-order valence-corrected chi connectivity index (χ4v) is 2.39. The molecule has 0 fully saturated rings. The van der Waals surface area contributed by atoms with E-state index in [9.17, 15) is 9.18 Å². The second-order valence-electron chi connectivity index (χ2n) is 5.07. The van der Waals surface area contributed by atoms with E-state index in [0.29, 0.717) is 13.2 Å². The average molecular weight is 301 g/mol. The van der Waals surface area contributed by atoms with Crippen LogP contribution < -0.4 is 14.8 Å². The lowest BCUT2D eigenvalue weighted by Gasteiger charge is -2.11. The maximum Gasteiger partial charge on any atom is 0.257 e. The van der Waals surface area contributed by atoms with Gasteiger partial charge in [-0.2, -0.15) is 0 Å². The standard InChI is InChI=1S/C17H16FNO3/c18-14-6-2-4-8-16(14)22-11-17(20)19-9-12-10-21-15-7-3-1-5-13(12)15/h1-8,12H,9-11H2,(H,19,20)/t12-/m1/s1. The van der Waals surface area contributed by atoms with E-state index >= 15 is 0 Å². The molecule has 0 aromatic heterocycles. The number of carbonyl (C=O) groups is 1. The lowest BCUT2D eigenvalue weighted by Crippen LogP contribution is -2.33. The van der Waals surface area contributed by atoms with Crippen molar-refractivity contribution in [2.75, 3.05) is 19.8 Å². The number of hydrogen-bond donors (Lipinski definition) is 1. The molecule has 1 aliphatic rings. The minimum atomic E-state index is -0.478. The van der Waals surface area contributed by atoms with Crippen LogP contribution in [0.3, 0.4) is 0 Å². The van der Waals surface area contributed by atoms with E-state index in [1.165, 1.54) is 12.1 Å². The van der Waals surface area contributed by atoms with Gasteiger partial charge in [0.2, 0.25) is 0 Å². The van der Waals surface area contributed by atoms with Crippen LogP contribution in [0.1, 0.15) is 11.5 Å². The molecule has 22 heavy (non-hydrogen) atoms. The summed E-state index contributed by atoms with van der Waals surface area (Å²) in [5, 5.41) is 2.79. The Morgan fingerprint density at radius 3 is 2.86 bits per heavy atom. The summed E-state index contributed by atoms with van der Waals surface area (Å²) in [7, 11) is 0. The molecule has 0 bridgehead atoms. The fraction of sp³-hybridized carbons (Fsp3) is 0.235. The Labute approximate surface area is 127 Å². The van der Waals surface area contributed by atoms with Gasteiger partial charge >= 0.3 is 0 Å². The molecular formula is C17H16FNO3. The van der Waals surface area contributed by atoms with Gasteiger partial charge in [0.1, 0.15) is 5.75 Å². The topological polar surface area (TPSA) is 47.6 Å². The first-order valence-corrected chi connectivity index (χ1v) is 7.10.